The van der Waals surface area contributed by atoms with Crippen LogP contribution >= 0.6 is 0 Å². The topological polar surface area (TPSA) is 118 Å². The van der Waals surface area contributed by atoms with Crippen molar-refractivity contribution in [3.63, 3.8) is 0 Å². The molecule has 0 aliphatic carbocycles. The van der Waals surface area contributed by atoms with E-state index in [-0.39, 0.29) is 12.5 Å². The van der Waals surface area contributed by atoms with Crippen LogP contribution in [-0.4, -0.2) is 31.9 Å². The molecule has 1 rings (SSSR count). The van der Waals surface area contributed by atoms with Crippen LogP contribution in [0.25, 0.3) is 0 Å². The number of rotatable bonds is 12. The number of hydrogen-bond donors (Lipinski definition) is 2. The fourth-order valence-electron chi connectivity index (χ4n) is 2.04. The van der Waals surface area contributed by atoms with Crippen LogP contribution in [0.5, 0.6) is 5.75 Å². The molecule has 0 amide bonds. The van der Waals surface area contributed by atoms with Gasteiger partial charge in [-0.05, 0) is 37.3 Å². The molecule has 3 N–H and O–H groups in total. The standard InChI is InChI=1S/C17H26N3O3/c18-13-14-7-8-15(12-16(14)19)23-11-5-6-17(22)20-9-3-1-2-4-10-21/h7-8,12-13,18H,1-6,9-11,19H2,(H,20,22)/q-1/p-1. The summed E-state index contributed by atoms with van der Waals surface area (Å²) in [7, 11) is 0. The third-order valence-electron chi connectivity index (χ3n) is 3.36. The highest BCUT2D eigenvalue weighted by atomic mass is 16.5. The van der Waals surface area contributed by atoms with E-state index in [1.54, 1.807) is 18.2 Å². The SMILES string of the molecule is N=Cc1ccc(OCCCC([O-])=NCCCCCC[O-])cc1N. The van der Waals surface area contributed by atoms with Crippen LogP contribution in [0.1, 0.15) is 44.1 Å². The lowest BCUT2D eigenvalue weighted by atomic mass is 10.2. The zero-order valence-corrected chi connectivity index (χ0v) is 13.4. The average Bonchev–Trinajstić information content (AvgIpc) is 2.55. The van der Waals surface area contributed by atoms with Crippen molar-refractivity contribution in [2.45, 2.75) is 38.5 Å². The van der Waals surface area contributed by atoms with E-state index in [4.69, 9.17) is 15.9 Å². The van der Waals surface area contributed by atoms with Gasteiger partial charge in [-0.1, -0.05) is 19.3 Å². The average molecular weight is 319 g/mol. The Kier molecular flexibility index (Phi) is 9.47. The highest BCUT2D eigenvalue weighted by molar-refractivity contribution is 5.85. The molecule has 0 saturated heterocycles. The van der Waals surface area contributed by atoms with Gasteiger partial charge in [0.1, 0.15) is 5.75 Å². The molecule has 6 nitrogen and oxygen atoms in total. The zero-order valence-electron chi connectivity index (χ0n) is 13.4. The highest BCUT2D eigenvalue weighted by Crippen LogP contribution is 2.18. The first kappa shape index (κ1) is 19.0. The summed E-state index contributed by atoms with van der Waals surface area (Å²) in [6, 6.07) is 5.16. The van der Waals surface area contributed by atoms with Crippen LogP contribution in [-0.2, 0) is 0 Å². The Hall–Kier alpha value is -2.08. The molecular weight excluding hydrogens is 294 g/mol. The molecule has 128 valence electrons. The van der Waals surface area contributed by atoms with Gasteiger partial charge in [0.25, 0.3) is 0 Å². The molecule has 0 aliphatic rings. The Bertz CT molecular complexity index is 504. The van der Waals surface area contributed by atoms with Gasteiger partial charge >= 0.3 is 0 Å². The minimum atomic E-state index is -0.101. The van der Waals surface area contributed by atoms with E-state index in [1.807, 2.05) is 0 Å². The molecule has 0 aliphatic heterocycles. The van der Waals surface area contributed by atoms with Gasteiger partial charge in [-0.2, -0.15) is 0 Å². The quantitative estimate of drug-likeness (QED) is 0.259. The summed E-state index contributed by atoms with van der Waals surface area (Å²) in [4.78, 5) is 3.99. The van der Waals surface area contributed by atoms with Gasteiger partial charge in [0.05, 0.1) is 6.61 Å². The van der Waals surface area contributed by atoms with E-state index < -0.39 is 0 Å². The van der Waals surface area contributed by atoms with Gasteiger partial charge < -0.3 is 31.1 Å². The number of aliphatic imine (C=N–C) groups is 1. The van der Waals surface area contributed by atoms with Crippen LogP contribution < -0.4 is 20.7 Å². The molecule has 0 radical (unpaired) electrons. The van der Waals surface area contributed by atoms with Crippen molar-refractivity contribution in [3.05, 3.63) is 23.8 Å². The summed E-state index contributed by atoms with van der Waals surface area (Å²) < 4.78 is 5.53. The predicted molar refractivity (Wildman–Crippen MR) is 89.1 cm³/mol. The number of anilines is 1. The van der Waals surface area contributed by atoms with Crippen LogP contribution in [0.2, 0.25) is 0 Å². The van der Waals surface area contributed by atoms with Gasteiger partial charge in [-0.25, -0.2) is 0 Å². The van der Waals surface area contributed by atoms with Gasteiger partial charge in [0.15, 0.2) is 0 Å². The maximum absolute atomic E-state index is 11.6. The summed E-state index contributed by atoms with van der Waals surface area (Å²) >= 11 is 0. The van der Waals surface area contributed by atoms with Crippen molar-refractivity contribution in [3.8, 4) is 5.75 Å². The molecule has 0 spiro atoms. The lowest BCUT2D eigenvalue weighted by molar-refractivity contribution is -0.368. The number of benzene rings is 1. The van der Waals surface area contributed by atoms with E-state index >= 15 is 0 Å². The van der Waals surface area contributed by atoms with E-state index in [9.17, 15) is 10.2 Å². The van der Waals surface area contributed by atoms with Crippen molar-refractivity contribution in [2.75, 3.05) is 25.5 Å². The Morgan fingerprint density at radius 3 is 2.70 bits per heavy atom. The Morgan fingerprint density at radius 2 is 2.00 bits per heavy atom. The predicted octanol–water partition coefficient (Wildman–Crippen LogP) is 1.10. The number of ether oxygens (including phenoxy) is 1. The molecule has 6 heteroatoms. The fourth-order valence-corrected chi connectivity index (χ4v) is 2.04. The molecule has 23 heavy (non-hydrogen) atoms. The molecule has 1 aromatic rings. The van der Waals surface area contributed by atoms with Gasteiger partial charge in [0, 0.05) is 30.1 Å². The molecule has 0 unspecified atom stereocenters. The van der Waals surface area contributed by atoms with E-state index in [2.05, 4.69) is 4.99 Å². The summed E-state index contributed by atoms with van der Waals surface area (Å²) in [5, 5.41) is 29.0. The Balaban J connectivity index is 2.16. The minimum absolute atomic E-state index is 0.0220. The summed E-state index contributed by atoms with van der Waals surface area (Å²) in [5.41, 5.74) is 6.92. The number of nitrogens with zero attached hydrogens (tertiary/aromatic N) is 1. The second kappa shape index (κ2) is 11.5. The first-order valence-corrected chi connectivity index (χ1v) is 7.98. The molecule has 0 saturated carbocycles. The van der Waals surface area contributed by atoms with Crippen LogP contribution in [0, 0.1) is 5.41 Å². The largest absolute Gasteiger partial charge is 0.862 e. The van der Waals surface area contributed by atoms with Crippen molar-refractivity contribution < 1.29 is 14.9 Å². The number of nitrogen functional groups attached to an aromatic ring is 1. The Morgan fingerprint density at radius 1 is 1.22 bits per heavy atom. The first-order chi connectivity index (χ1) is 11.2. The van der Waals surface area contributed by atoms with Crippen LogP contribution in [0.15, 0.2) is 23.2 Å². The summed E-state index contributed by atoms with van der Waals surface area (Å²) in [5.74, 6) is 0.534. The molecule has 0 bridgehead atoms. The minimum Gasteiger partial charge on any atom is -0.862 e. The van der Waals surface area contributed by atoms with Crippen molar-refractivity contribution in [1.82, 2.24) is 0 Å². The highest BCUT2D eigenvalue weighted by Gasteiger charge is 1.99. The third-order valence-corrected chi connectivity index (χ3v) is 3.36. The first-order valence-electron chi connectivity index (χ1n) is 7.98. The summed E-state index contributed by atoms with van der Waals surface area (Å²) in [6.45, 7) is 0.945. The molecule has 0 heterocycles. The second-order valence-electron chi connectivity index (χ2n) is 5.28. The van der Waals surface area contributed by atoms with Crippen LogP contribution in [0.3, 0.4) is 0 Å². The van der Waals surface area contributed by atoms with Gasteiger partial charge in [-0.15, -0.1) is 6.61 Å². The number of hydrogen-bond acceptors (Lipinski definition) is 6. The van der Waals surface area contributed by atoms with E-state index in [0.29, 0.717) is 49.4 Å². The van der Waals surface area contributed by atoms with Gasteiger partial charge in [0.2, 0.25) is 0 Å². The van der Waals surface area contributed by atoms with E-state index in [1.165, 1.54) is 6.21 Å². The lowest BCUT2D eigenvalue weighted by Crippen LogP contribution is -2.18. The third kappa shape index (κ3) is 8.21. The number of nitrogens with one attached hydrogen (secondary N) is 1. The number of nitrogens with two attached hydrogens (primary N) is 1. The van der Waals surface area contributed by atoms with Crippen molar-refractivity contribution in [2.24, 2.45) is 4.99 Å². The maximum atomic E-state index is 11.6. The second-order valence-corrected chi connectivity index (χ2v) is 5.28. The van der Waals surface area contributed by atoms with Crippen LogP contribution in [0.4, 0.5) is 5.69 Å². The van der Waals surface area contributed by atoms with Crippen molar-refractivity contribution >= 4 is 17.8 Å². The Labute approximate surface area is 137 Å². The lowest BCUT2D eigenvalue weighted by Gasteiger charge is -2.12. The maximum Gasteiger partial charge on any atom is 0.121 e. The summed E-state index contributed by atoms with van der Waals surface area (Å²) in [6.07, 6.45) is 5.60. The molecular formula is C17H25N3O3-2. The molecule has 0 aromatic heterocycles. The molecule has 0 fully saturated rings. The fraction of sp³-hybridized carbons (Fsp3) is 0.529. The smallest absolute Gasteiger partial charge is 0.121 e. The zero-order chi connectivity index (χ0) is 16.9. The number of unbranched alkanes of at least 4 members (excludes halogenated alkanes) is 3. The molecule has 1 aromatic carbocycles. The van der Waals surface area contributed by atoms with Crippen molar-refractivity contribution in [1.29, 1.82) is 5.41 Å². The monoisotopic (exact) mass is 319 g/mol. The molecule has 0 atom stereocenters. The normalized spacial score (nSPS) is 11.4. The van der Waals surface area contributed by atoms with E-state index in [0.717, 1.165) is 19.3 Å². The van der Waals surface area contributed by atoms with Gasteiger partial charge in [-0.3, -0.25) is 0 Å².